The summed E-state index contributed by atoms with van der Waals surface area (Å²) in [4.78, 5) is 12.3. The van der Waals surface area contributed by atoms with Gasteiger partial charge in [0.25, 0.3) is 5.91 Å². The third-order valence-corrected chi connectivity index (χ3v) is 4.37. The fraction of sp³-hybridized carbons (Fsp3) is 0.333. The van der Waals surface area contributed by atoms with Gasteiger partial charge in [0.1, 0.15) is 18.1 Å². The third kappa shape index (κ3) is 4.78. The molecule has 6 heteroatoms. The second-order valence-electron chi connectivity index (χ2n) is 6.87. The van der Waals surface area contributed by atoms with Crippen LogP contribution in [-0.2, 0) is 20.2 Å². The molecule has 0 radical (unpaired) electrons. The van der Waals surface area contributed by atoms with E-state index in [0.29, 0.717) is 18.2 Å². The van der Waals surface area contributed by atoms with E-state index < -0.39 is 0 Å². The topological polar surface area (TPSA) is 69.3 Å². The van der Waals surface area contributed by atoms with E-state index in [-0.39, 0.29) is 18.3 Å². The Morgan fingerprint density at radius 2 is 1.96 bits per heavy atom. The summed E-state index contributed by atoms with van der Waals surface area (Å²) in [5.41, 5.74) is 3.14. The van der Waals surface area contributed by atoms with Crippen LogP contribution in [0, 0.1) is 6.92 Å². The first-order chi connectivity index (χ1) is 12.9. The third-order valence-electron chi connectivity index (χ3n) is 4.37. The Balaban J connectivity index is 1.53. The fourth-order valence-electron chi connectivity index (χ4n) is 2.77. The SMILES string of the molecule is Cc1nn(C)cc1CNC(=O)c1ccc(COc2ccc(C(C)C)cc2)o1. The average molecular weight is 367 g/mol. The van der Waals surface area contributed by atoms with Crippen molar-refractivity contribution in [1.82, 2.24) is 15.1 Å². The molecule has 1 aromatic carbocycles. The molecule has 0 aliphatic heterocycles. The lowest BCUT2D eigenvalue weighted by atomic mass is 10.0. The largest absolute Gasteiger partial charge is 0.486 e. The number of nitrogens with zero attached hydrogens (tertiary/aromatic N) is 2. The molecule has 0 aliphatic carbocycles. The smallest absolute Gasteiger partial charge is 0.287 e. The number of carbonyl (C=O) groups excluding carboxylic acids is 1. The van der Waals surface area contributed by atoms with Crippen molar-refractivity contribution in [2.24, 2.45) is 7.05 Å². The van der Waals surface area contributed by atoms with Gasteiger partial charge in [-0.05, 0) is 42.7 Å². The van der Waals surface area contributed by atoms with Gasteiger partial charge >= 0.3 is 0 Å². The maximum atomic E-state index is 12.3. The van der Waals surface area contributed by atoms with E-state index in [4.69, 9.17) is 9.15 Å². The zero-order chi connectivity index (χ0) is 19.4. The quantitative estimate of drug-likeness (QED) is 0.686. The van der Waals surface area contributed by atoms with E-state index in [1.165, 1.54) is 5.56 Å². The van der Waals surface area contributed by atoms with Gasteiger partial charge in [-0.15, -0.1) is 0 Å². The highest BCUT2D eigenvalue weighted by Gasteiger charge is 2.13. The maximum Gasteiger partial charge on any atom is 0.287 e. The van der Waals surface area contributed by atoms with Crippen LogP contribution in [0.3, 0.4) is 0 Å². The van der Waals surface area contributed by atoms with Crippen LogP contribution in [0.2, 0.25) is 0 Å². The molecular weight excluding hydrogens is 342 g/mol. The lowest BCUT2D eigenvalue weighted by molar-refractivity contribution is 0.0919. The van der Waals surface area contributed by atoms with E-state index >= 15 is 0 Å². The first-order valence-corrected chi connectivity index (χ1v) is 9.01. The minimum absolute atomic E-state index is 0.259. The monoisotopic (exact) mass is 367 g/mol. The number of furan rings is 1. The van der Waals surface area contributed by atoms with Crippen molar-refractivity contribution in [3.63, 3.8) is 0 Å². The Bertz CT molecular complexity index is 907. The predicted molar refractivity (Wildman–Crippen MR) is 103 cm³/mol. The summed E-state index contributed by atoms with van der Waals surface area (Å²) in [6.07, 6.45) is 1.89. The highest BCUT2D eigenvalue weighted by molar-refractivity contribution is 5.91. The molecule has 1 amide bonds. The Hall–Kier alpha value is -3.02. The molecule has 0 saturated heterocycles. The molecule has 0 spiro atoms. The number of hydrogen-bond acceptors (Lipinski definition) is 4. The van der Waals surface area contributed by atoms with Crippen LogP contribution in [0.25, 0.3) is 0 Å². The number of aryl methyl sites for hydroxylation is 2. The number of rotatable bonds is 7. The van der Waals surface area contributed by atoms with Crippen molar-refractivity contribution in [3.8, 4) is 5.75 Å². The summed E-state index contributed by atoms with van der Waals surface area (Å²) in [5.74, 6) is 1.87. The van der Waals surface area contributed by atoms with Crippen LogP contribution in [0.15, 0.2) is 47.0 Å². The lowest BCUT2D eigenvalue weighted by Crippen LogP contribution is -2.22. The van der Waals surface area contributed by atoms with Gasteiger partial charge in [-0.3, -0.25) is 9.48 Å². The van der Waals surface area contributed by atoms with E-state index in [1.807, 2.05) is 32.3 Å². The summed E-state index contributed by atoms with van der Waals surface area (Å²) in [7, 11) is 1.85. The van der Waals surface area contributed by atoms with Gasteiger partial charge in [-0.2, -0.15) is 5.10 Å². The van der Waals surface area contributed by atoms with Crippen molar-refractivity contribution >= 4 is 5.91 Å². The van der Waals surface area contributed by atoms with Crippen LogP contribution < -0.4 is 10.1 Å². The van der Waals surface area contributed by atoms with E-state index in [2.05, 4.69) is 36.4 Å². The van der Waals surface area contributed by atoms with Crippen molar-refractivity contribution < 1.29 is 13.9 Å². The van der Waals surface area contributed by atoms with Crippen molar-refractivity contribution in [1.29, 1.82) is 0 Å². The minimum atomic E-state index is -0.259. The van der Waals surface area contributed by atoms with Gasteiger partial charge in [-0.1, -0.05) is 26.0 Å². The molecule has 0 fully saturated rings. The van der Waals surface area contributed by atoms with E-state index in [1.54, 1.807) is 16.8 Å². The molecule has 6 nitrogen and oxygen atoms in total. The number of ether oxygens (including phenoxy) is 1. The molecule has 0 aliphatic rings. The van der Waals surface area contributed by atoms with Gasteiger partial charge in [0.05, 0.1) is 5.69 Å². The van der Waals surface area contributed by atoms with Crippen molar-refractivity contribution in [2.45, 2.75) is 39.8 Å². The van der Waals surface area contributed by atoms with Gasteiger partial charge in [-0.25, -0.2) is 0 Å². The number of aromatic nitrogens is 2. The van der Waals surface area contributed by atoms with E-state index in [0.717, 1.165) is 17.0 Å². The number of hydrogen-bond donors (Lipinski definition) is 1. The Morgan fingerprint density at radius 1 is 1.22 bits per heavy atom. The Labute approximate surface area is 159 Å². The van der Waals surface area contributed by atoms with Gasteiger partial charge in [0.2, 0.25) is 0 Å². The summed E-state index contributed by atoms with van der Waals surface area (Å²) in [5, 5.41) is 7.11. The molecule has 0 bridgehead atoms. The van der Waals surface area contributed by atoms with Crippen LogP contribution >= 0.6 is 0 Å². The first kappa shape index (κ1) is 18.8. The number of carbonyl (C=O) groups is 1. The summed E-state index contributed by atoms with van der Waals surface area (Å²) < 4.78 is 13.1. The van der Waals surface area contributed by atoms with Crippen LogP contribution in [-0.4, -0.2) is 15.7 Å². The summed E-state index contributed by atoms with van der Waals surface area (Å²) in [6, 6.07) is 11.4. The standard InChI is InChI=1S/C21H25N3O3/c1-14(2)16-5-7-18(8-6-16)26-13-19-9-10-20(27-19)21(25)22-11-17-12-24(4)23-15(17)3/h5-10,12,14H,11,13H2,1-4H3,(H,22,25). The molecule has 2 heterocycles. The molecule has 3 aromatic rings. The number of nitrogens with one attached hydrogen (secondary N) is 1. The van der Waals surface area contributed by atoms with Crippen molar-refractivity contribution in [3.05, 3.63) is 70.9 Å². The zero-order valence-electron chi connectivity index (χ0n) is 16.2. The first-order valence-electron chi connectivity index (χ1n) is 9.01. The maximum absolute atomic E-state index is 12.3. The molecule has 27 heavy (non-hydrogen) atoms. The molecular formula is C21H25N3O3. The second-order valence-corrected chi connectivity index (χ2v) is 6.87. The highest BCUT2D eigenvalue weighted by atomic mass is 16.5. The fourth-order valence-corrected chi connectivity index (χ4v) is 2.77. The van der Waals surface area contributed by atoms with Gasteiger partial charge in [0, 0.05) is 25.4 Å². The normalized spacial score (nSPS) is 11.0. The van der Waals surface area contributed by atoms with Crippen LogP contribution in [0.5, 0.6) is 5.75 Å². The Kier molecular flexibility index (Phi) is 5.64. The zero-order valence-corrected chi connectivity index (χ0v) is 16.2. The minimum Gasteiger partial charge on any atom is -0.486 e. The van der Waals surface area contributed by atoms with E-state index in [9.17, 15) is 4.79 Å². The summed E-state index contributed by atoms with van der Waals surface area (Å²) >= 11 is 0. The van der Waals surface area contributed by atoms with Gasteiger partial charge < -0.3 is 14.5 Å². The predicted octanol–water partition coefficient (Wildman–Crippen LogP) is 3.95. The molecule has 142 valence electrons. The van der Waals surface area contributed by atoms with Crippen molar-refractivity contribution in [2.75, 3.05) is 0 Å². The summed E-state index contributed by atoms with van der Waals surface area (Å²) in [6.45, 7) is 6.91. The molecule has 0 unspecified atom stereocenters. The lowest BCUT2D eigenvalue weighted by Gasteiger charge is -2.08. The molecule has 1 N–H and O–H groups in total. The van der Waals surface area contributed by atoms with Crippen LogP contribution in [0.1, 0.15) is 52.9 Å². The number of amides is 1. The Morgan fingerprint density at radius 3 is 2.59 bits per heavy atom. The van der Waals surface area contributed by atoms with Gasteiger partial charge in [0.15, 0.2) is 5.76 Å². The average Bonchev–Trinajstić information content (AvgIpc) is 3.24. The molecule has 0 atom stereocenters. The second kappa shape index (κ2) is 8.12. The molecule has 0 saturated carbocycles. The molecule has 3 rings (SSSR count). The number of benzene rings is 1. The van der Waals surface area contributed by atoms with Crippen LogP contribution in [0.4, 0.5) is 0 Å². The molecule has 2 aromatic heterocycles. The highest BCUT2D eigenvalue weighted by Crippen LogP contribution is 2.20.